The van der Waals surface area contributed by atoms with Crippen molar-refractivity contribution in [2.45, 2.75) is 34.1 Å². The molecule has 8 nitrogen and oxygen atoms in total. The van der Waals surface area contributed by atoms with Gasteiger partial charge in [-0.15, -0.1) is 0 Å². The molecule has 8 heteroatoms. The number of imidazole rings is 1. The van der Waals surface area contributed by atoms with Crippen molar-refractivity contribution in [3.63, 3.8) is 0 Å². The van der Waals surface area contributed by atoms with E-state index in [9.17, 15) is 4.79 Å². The largest absolute Gasteiger partial charge is 0.439 e. The second kappa shape index (κ2) is 9.52. The number of benzene rings is 2. The van der Waals surface area contributed by atoms with Gasteiger partial charge in [-0.25, -0.2) is 14.8 Å². The van der Waals surface area contributed by atoms with E-state index in [4.69, 9.17) is 4.74 Å². The average Bonchev–Trinajstić information content (AvgIpc) is 3.13. The number of nitrogens with zero attached hydrogens (tertiary/aromatic N) is 4. The highest BCUT2D eigenvalue weighted by molar-refractivity contribution is 5.99. The Morgan fingerprint density at radius 1 is 0.939 bits per heavy atom. The van der Waals surface area contributed by atoms with Gasteiger partial charge in [-0.3, -0.25) is 4.57 Å². The molecule has 0 saturated carbocycles. The molecule has 0 aliphatic rings. The van der Waals surface area contributed by atoms with Crippen LogP contribution in [0.15, 0.2) is 60.9 Å². The van der Waals surface area contributed by atoms with Crippen molar-refractivity contribution in [3.8, 4) is 17.4 Å². The highest BCUT2D eigenvalue weighted by Crippen LogP contribution is 2.24. The lowest BCUT2D eigenvalue weighted by atomic mass is 10.1. The molecule has 4 aromatic rings. The van der Waals surface area contributed by atoms with E-state index in [-0.39, 0.29) is 6.03 Å². The van der Waals surface area contributed by atoms with Crippen LogP contribution in [0.1, 0.15) is 29.7 Å². The number of aromatic nitrogens is 4. The Kier molecular flexibility index (Phi) is 6.35. The summed E-state index contributed by atoms with van der Waals surface area (Å²) < 4.78 is 7.83. The Balaban J connectivity index is 1.41. The molecule has 33 heavy (non-hydrogen) atoms. The zero-order chi connectivity index (χ0) is 23.4. The molecule has 0 aliphatic heterocycles. The van der Waals surface area contributed by atoms with Crippen molar-refractivity contribution in [2.24, 2.45) is 0 Å². The van der Waals surface area contributed by atoms with Crippen molar-refractivity contribution in [1.82, 2.24) is 19.5 Å². The summed E-state index contributed by atoms with van der Waals surface area (Å²) in [6.45, 7) is 7.85. The lowest BCUT2D eigenvalue weighted by Gasteiger charge is -2.11. The van der Waals surface area contributed by atoms with Gasteiger partial charge in [0.2, 0.25) is 5.88 Å². The van der Waals surface area contributed by atoms with E-state index in [1.54, 1.807) is 36.7 Å². The van der Waals surface area contributed by atoms with Crippen LogP contribution in [0.4, 0.5) is 16.2 Å². The first kappa shape index (κ1) is 22.0. The number of carbonyl (C=O) groups is 1. The van der Waals surface area contributed by atoms with E-state index in [0.29, 0.717) is 29.0 Å². The molecule has 2 aromatic heterocycles. The third-order valence-corrected chi connectivity index (χ3v) is 5.25. The van der Waals surface area contributed by atoms with Gasteiger partial charge in [0.15, 0.2) is 0 Å². The topological polar surface area (TPSA) is 94.0 Å². The Morgan fingerprint density at radius 2 is 1.58 bits per heavy atom. The summed E-state index contributed by atoms with van der Waals surface area (Å²) in [5, 5.41) is 5.64. The molecule has 0 radical (unpaired) electrons. The van der Waals surface area contributed by atoms with Crippen molar-refractivity contribution in [3.05, 3.63) is 83.7 Å². The van der Waals surface area contributed by atoms with E-state index in [0.717, 1.165) is 23.5 Å². The summed E-state index contributed by atoms with van der Waals surface area (Å²) in [4.78, 5) is 25.5. The Labute approximate surface area is 192 Å². The number of carbonyl (C=O) groups excluding carboxylic acids is 1. The minimum Gasteiger partial charge on any atom is -0.439 e. The maximum atomic E-state index is 12.3. The van der Waals surface area contributed by atoms with Crippen LogP contribution in [0, 0.1) is 20.8 Å². The number of nitrogens with one attached hydrogen (secondary N) is 2. The van der Waals surface area contributed by atoms with Gasteiger partial charge in [0, 0.05) is 23.1 Å². The quantitative estimate of drug-likeness (QED) is 0.406. The Hall–Kier alpha value is -4.20. The number of ether oxygens (including phenoxy) is 1. The van der Waals surface area contributed by atoms with Gasteiger partial charge in [0.25, 0.3) is 0 Å². The summed E-state index contributed by atoms with van der Waals surface area (Å²) >= 11 is 0. The van der Waals surface area contributed by atoms with Crippen molar-refractivity contribution < 1.29 is 9.53 Å². The van der Waals surface area contributed by atoms with E-state index in [2.05, 4.69) is 32.5 Å². The zero-order valence-corrected chi connectivity index (χ0v) is 19.1. The van der Waals surface area contributed by atoms with E-state index < -0.39 is 0 Å². The third kappa shape index (κ3) is 5.35. The molecule has 2 amide bonds. The number of anilines is 2. The molecule has 168 valence electrons. The zero-order valence-electron chi connectivity index (χ0n) is 19.1. The van der Waals surface area contributed by atoms with Crippen molar-refractivity contribution in [1.29, 1.82) is 0 Å². The Morgan fingerprint density at radius 3 is 2.15 bits per heavy atom. The number of amides is 2. The van der Waals surface area contributed by atoms with Crippen LogP contribution in [0.5, 0.6) is 11.6 Å². The number of rotatable bonds is 6. The summed E-state index contributed by atoms with van der Waals surface area (Å²) in [5.41, 5.74) is 4.56. The highest BCUT2D eigenvalue weighted by Gasteiger charge is 2.10. The summed E-state index contributed by atoms with van der Waals surface area (Å²) in [6.07, 6.45) is 2.69. The maximum Gasteiger partial charge on any atom is 0.323 e. The minimum absolute atomic E-state index is 0.310. The lowest BCUT2D eigenvalue weighted by molar-refractivity contribution is 0.262. The first-order chi connectivity index (χ1) is 15.9. The second-order valence-electron chi connectivity index (χ2n) is 7.65. The Bertz CT molecular complexity index is 1260. The maximum absolute atomic E-state index is 12.3. The van der Waals surface area contributed by atoms with E-state index in [1.165, 1.54) is 5.56 Å². The van der Waals surface area contributed by atoms with Crippen LogP contribution in [0.3, 0.4) is 0 Å². The summed E-state index contributed by atoms with van der Waals surface area (Å²) in [7, 11) is 0. The fourth-order valence-corrected chi connectivity index (χ4v) is 3.27. The predicted octanol–water partition coefficient (Wildman–Crippen LogP) is 5.59. The molecular weight excluding hydrogens is 416 g/mol. The molecule has 2 heterocycles. The minimum atomic E-state index is -0.310. The van der Waals surface area contributed by atoms with Crippen molar-refractivity contribution >= 4 is 17.4 Å². The second-order valence-corrected chi connectivity index (χ2v) is 7.65. The standard InChI is InChI=1S/C25H26N6O2/c1-5-19-6-8-20(9-7-19)29-25(32)30-21-10-12-22(13-11-21)33-24-14-23(27-18(4)28-24)31-15-26-16(2)17(31)3/h6-15H,5H2,1-4H3,(H2,29,30,32). The fourth-order valence-electron chi connectivity index (χ4n) is 3.27. The molecule has 4 rings (SSSR count). The van der Waals surface area contributed by atoms with Gasteiger partial charge < -0.3 is 15.4 Å². The van der Waals surface area contributed by atoms with Gasteiger partial charge in [-0.1, -0.05) is 19.1 Å². The molecule has 0 bridgehead atoms. The first-order valence-electron chi connectivity index (χ1n) is 10.7. The summed E-state index contributed by atoms with van der Waals surface area (Å²) in [5.74, 6) is 2.31. The van der Waals surface area contributed by atoms with Gasteiger partial charge in [0.05, 0.1) is 5.69 Å². The predicted molar refractivity (Wildman–Crippen MR) is 128 cm³/mol. The molecular formula is C25H26N6O2. The SMILES string of the molecule is CCc1ccc(NC(=O)Nc2ccc(Oc3cc(-n4cnc(C)c4C)nc(C)n3)cc2)cc1. The smallest absolute Gasteiger partial charge is 0.323 e. The van der Waals surface area contributed by atoms with E-state index >= 15 is 0 Å². The van der Waals surface area contributed by atoms with Gasteiger partial charge in [-0.2, -0.15) is 4.98 Å². The highest BCUT2D eigenvalue weighted by atomic mass is 16.5. The molecule has 0 saturated heterocycles. The number of aryl methyl sites for hydroxylation is 3. The van der Waals surface area contributed by atoms with Crippen LogP contribution in [0.2, 0.25) is 0 Å². The van der Waals surface area contributed by atoms with Crippen LogP contribution < -0.4 is 15.4 Å². The monoisotopic (exact) mass is 442 g/mol. The van der Waals surface area contributed by atoms with Crippen molar-refractivity contribution in [2.75, 3.05) is 10.6 Å². The number of urea groups is 1. The molecule has 2 aromatic carbocycles. The van der Waals surface area contributed by atoms with Gasteiger partial charge >= 0.3 is 6.03 Å². The molecule has 0 atom stereocenters. The normalized spacial score (nSPS) is 10.7. The number of hydrogen-bond acceptors (Lipinski definition) is 5. The molecule has 0 fully saturated rings. The lowest BCUT2D eigenvalue weighted by Crippen LogP contribution is -2.19. The van der Waals surface area contributed by atoms with Crippen LogP contribution >= 0.6 is 0 Å². The molecule has 0 spiro atoms. The first-order valence-corrected chi connectivity index (χ1v) is 10.7. The van der Waals surface area contributed by atoms with Crippen LogP contribution in [-0.4, -0.2) is 25.6 Å². The molecule has 2 N–H and O–H groups in total. The van der Waals surface area contributed by atoms with Gasteiger partial charge in [0.1, 0.15) is 23.7 Å². The molecule has 0 aliphatic carbocycles. The number of hydrogen-bond donors (Lipinski definition) is 2. The fraction of sp³-hybridized carbons (Fsp3) is 0.200. The van der Waals surface area contributed by atoms with Crippen LogP contribution in [-0.2, 0) is 6.42 Å². The summed E-state index contributed by atoms with van der Waals surface area (Å²) in [6, 6.07) is 16.3. The van der Waals surface area contributed by atoms with Crippen LogP contribution in [0.25, 0.3) is 5.82 Å². The molecule has 0 unspecified atom stereocenters. The average molecular weight is 443 g/mol. The van der Waals surface area contributed by atoms with E-state index in [1.807, 2.05) is 49.6 Å². The third-order valence-electron chi connectivity index (χ3n) is 5.25. The van der Waals surface area contributed by atoms with Gasteiger partial charge in [-0.05, 0) is 69.2 Å².